The number of methoxy groups -OCH3 is 2. The predicted molar refractivity (Wildman–Crippen MR) is 119 cm³/mol. The van der Waals surface area contributed by atoms with Crippen LogP contribution in [0.25, 0.3) is 0 Å². The number of benzene rings is 2. The summed E-state index contributed by atoms with van der Waals surface area (Å²) >= 11 is 0. The van der Waals surface area contributed by atoms with Gasteiger partial charge in [0.05, 0.1) is 20.0 Å². The highest BCUT2D eigenvalue weighted by atomic mass is 32.2. The van der Waals surface area contributed by atoms with Crippen molar-refractivity contribution in [1.29, 1.82) is 0 Å². The summed E-state index contributed by atoms with van der Waals surface area (Å²) in [5.74, 6) is 1.63. The molecule has 164 valence electrons. The molecule has 1 aliphatic rings. The second-order valence-corrected chi connectivity index (χ2v) is 10.0. The van der Waals surface area contributed by atoms with Crippen LogP contribution in [0.2, 0.25) is 0 Å². The maximum Gasteiger partial charge on any atom is 0.215 e. The van der Waals surface area contributed by atoms with Crippen molar-refractivity contribution < 1.29 is 17.9 Å². The molecule has 1 fully saturated rings. The first-order valence-corrected chi connectivity index (χ1v) is 11.9. The van der Waals surface area contributed by atoms with Crippen molar-refractivity contribution in [3.8, 4) is 11.5 Å². The van der Waals surface area contributed by atoms with Crippen LogP contribution >= 0.6 is 0 Å². The lowest BCUT2D eigenvalue weighted by molar-refractivity contribution is 0.0449. The van der Waals surface area contributed by atoms with Crippen molar-refractivity contribution in [2.75, 3.05) is 26.5 Å². The van der Waals surface area contributed by atoms with E-state index >= 15 is 0 Å². The van der Waals surface area contributed by atoms with E-state index in [9.17, 15) is 8.42 Å². The van der Waals surface area contributed by atoms with Crippen molar-refractivity contribution in [3.63, 3.8) is 0 Å². The molecule has 1 aliphatic heterocycles. The Hall–Kier alpha value is -2.09. The predicted octanol–water partition coefficient (Wildman–Crippen LogP) is 3.52. The van der Waals surface area contributed by atoms with E-state index in [2.05, 4.69) is 18.7 Å². The maximum absolute atomic E-state index is 13.3. The zero-order valence-electron chi connectivity index (χ0n) is 18.2. The molecule has 6 nitrogen and oxygen atoms in total. The monoisotopic (exact) mass is 432 g/mol. The molecule has 2 unspecified atom stereocenters. The van der Waals surface area contributed by atoms with E-state index in [-0.39, 0.29) is 5.75 Å². The minimum Gasteiger partial charge on any atom is -0.497 e. The number of ether oxygens (including phenoxy) is 2. The molecule has 3 rings (SSSR count). The molecular formula is C23H32N2O4S. The number of nitrogens with zero attached hydrogens (tertiary/aromatic N) is 2. The van der Waals surface area contributed by atoms with Crippen molar-refractivity contribution in [1.82, 2.24) is 9.21 Å². The molecule has 0 aromatic heterocycles. The van der Waals surface area contributed by atoms with E-state index < -0.39 is 10.0 Å². The lowest BCUT2D eigenvalue weighted by atomic mass is 9.96. The summed E-state index contributed by atoms with van der Waals surface area (Å²) in [4.78, 5) is 2.26. The highest BCUT2D eigenvalue weighted by Gasteiger charge is 2.33. The van der Waals surface area contributed by atoms with Gasteiger partial charge in [0.25, 0.3) is 0 Å². The Bertz CT molecular complexity index is 856. The van der Waals surface area contributed by atoms with Gasteiger partial charge in [0.15, 0.2) is 0 Å². The third-order valence-corrected chi connectivity index (χ3v) is 7.59. The first kappa shape index (κ1) is 22.6. The summed E-state index contributed by atoms with van der Waals surface area (Å²) in [5.41, 5.74) is 1.86. The molecule has 0 amide bonds. The van der Waals surface area contributed by atoms with Gasteiger partial charge in [-0.05, 0) is 55.7 Å². The van der Waals surface area contributed by atoms with E-state index in [1.165, 1.54) is 0 Å². The molecule has 30 heavy (non-hydrogen) atoms. The largest absolute Gasteiger partial charge is 0.497 e. The molecule has 0 aliphatic carbocycles. The van der Waals surface area contributed by atoms with Crippen LogP contribution in [0.1, 0.15) is 31.4 Å². The number of sulfonamides is 1. The summed E-state index contributed by atoms with van der Waals surface area (Å²) < 4.78 is 38.6. The molecule has 1 saturated heterocycles. The molecule has 2 atom stereocenters. The normalized spacial score (nSPS) is 19.5. The van der Waals surface area contributed by atoms with Gasteiger partial charge in [-0.1, -0.05) is 24.3 Å². The average Bonchev–Trinajstić information content (AvgIpc) is 2.74. The number of likely N-dealkylation sites (tertiary alicyclic amines) is 1. The quantitative estimate of drug-likeness (QED) is 0.575. The summed E-state index contributed by atoms with van der Waals surface area (Å²) in [5, 5.41) is 0. The van der Waals surface area contributed by atoms with Gasteiger partial charge >= 0.3 is 0 Å². The van der Waals surface area contributed by atoms with Crippen LogP contribution in [0.15, 0.2) is 48.5 Å². The Morgan fingerprint density at radius 3 is 1.67 bits per heavy atom. The van der Waals surface area contributed by atoms with Crippen LogP contribution in [-0.2, 0) is 23.1 Å². The molecule has 1 heterocycles. The minimum atomic E-state index is -3.44. The summed E-state index contributed by atoms with van der Waals surface area (Å²) in [7, 11) is -0.203. The Balaban J connectivity index is 1.77. The maximum atomic E-state index is 13.3. The van der Waals surface area contributed by atoms with E-state index in [1.807, 2.05) is 48.5 Å². The summed E-state index contributed by atoms with van der Waals surface area (Å²) in [6, 6.07) is 16.0. The standard InChI is InChI=1S/C23H32N2O4S/c1-18-15-19(2)25(18)13-14-30(26,27)24(16-20-5-9-22(28-3)10-6-20)17-21-7-11-23(29-4)12-8-21/h5-12,18-19H,13-17H2,1-4H3. The van der Waals surface area contributed by atoms with Gasteiger partial charge in [-0.15, -0.1) is 0 Å². The third-order valence-electron chi connectivity index (χ3n) is 5.85. The number of hydrogen-bond donors (Lipinski definition) is 0. The fourth-order valence-electron chi connectivity index (χ4n) is 3.97. The van der Waals surface area contributed by atoms with Crippen molar-refractivity contribution in [2.45, 2.75) is 45.4 Å². The third kappa shape index (κ3) is 5.53. The van der Waals surface area contributed by atoms with Gasteiger partial charge < -0.3 is 9.47 Å². The van der Waals surface area contributed by atoms with Gasteiger partial charge in [0, 0.05) is 31.7 Å². The van der Waals surface area contributed by atoms with Gasteiger partial charge in [0.1, 0.15) is 11.5 Å². The van der Waals surface area contributed by atoms with Crippen molar-refractivity contribution in [3.05, 3.63) is 59.7 Å². The fraction of sp³-hybridized carbons (Fsp3) is 0.478. The van der Waals surface area contributed by atoms with E-state index in [0.29, 0.717) is 31.7 Å². The van der Waals surface area contributed by atoms with Crippen LogP contribution in [0.3, 0.4) is 0 Å². The molecule has 7 heteroatoms. The topological polar surface area (TPSA) is 59.1 Å². The first-order valence-electron chi connectivity index (χ1n) is 10.3. The highest BCUT2D eigenvalue weighted by Crippen LogP contribution is 2.25. The molecule has 0 radical (unpaired) electrons. The highest BCUT2D eigenvalue weighted by molar-refractivity contribution is 7.89. The van der Waals surface area contributed by atoms with E-state index in [4.69, 9.17) is 9.47 Å². The Kier molecular flexibility index (Phi) is 7.39. The van der Waals surface area contributed by atoms with E-state index in [1.54, 1.807) is 18.5 Å². The number of hydrogen-bond acceptors (Lipinski definition) is 5. The lowest BCUT2D eigenvalue weighted by Gasteiger charge is -2.45. The van der Waals surface area contributed by atoms with Gasteiger partial charge in [0.2, 0.25) is 10.0 Å². The molecule has 0 N–H and O–H groups in total. The Morgan fingerprint density at radius 1 is 0.867 bits per heavy atom. The van der Waals surface area contributed by atoms with Crippen LogP contribution < -0.4 is 9.47 Å². The Labute approximate surface area is 180 Å². The first-order chi connectivity index (χ1) is 14.3. The van der Waals surface area contributed by atoms with Crippen LogP contribution in [0.5, 0.6) is 11.5 Å². The van der Waals surface area contributed by atoms with Crippen molar-refractivity contribution >= 4 is 10.0 Å². The Morgan fingerprint density at radius 2 is 1.30 bits per heavy atom. The molecule has 0 spiro atoms. The molecule has 2 aromatic carbocycles. The summed E-state index contributed by atoms with van der Waals surface area (Å²) in [6.45, 7) is 5.51. The molecule has 2 aromatic rings. The SMILES string of the molecule is COc1ccc(CN(Cc2ccc(OC)cc2)S(=O)(=O)CCN2C(C)CC2C)cc1. The summed E-state index contributed by atoms with van der Waals surface area (Å²) in [6.07, 6.45) is 1.13. The molecule has 0 saturated carbocycles. The van der Waals surface area contributed by atoms with Gasteiger partial charge in [-0.2, -0.15) is 4.31 Å². The van der Waals surface area contributed by atoms with E-state index in [0.717, 1.165) is 29.0 Å². The van der Waals surface area contributed by atoms with Crippen LogP contribution in [-0.4, -0.2) is 56.2 Å². The van der Waals surface area contributed by atoms with Crippen LogP contribution in [0, 0.1) is 0 Å². The second kappa shape index (κ2) is 9.81. The van der Waals surface area contributed by atoms with Crippen LogP contribution in [0.4, 0.5) is 0 Å². The zero-order valence-corrected chi connectivity index (χ0v) is 19.1. The smallest absolute Gasteiger partial charge is 0.215 e. The van der Waals surface area contributed by atoms with Crippen molar-refractivity contribution in [2.24, 2.45) is 0 Å². The fourth-order valence-corrected chi connectivity index (χ4v) is 5.36. The number of rotatable bonds is 10. The average molecular weight is 433 g/mol. The van der Waals surface area contributed by atoms with Gasteiger partial charge in [-0.3, -0.25) is 4.90 Å². The molecule has 0 bridgehead atoms. The molecular weight excluding hydrogens is 400 g/mol. The lowest BCUT2D eigenvalue weighted by Crippen LogP contribution is -2.54. The minimum absolute atomic E-state index is 0.119. The zero-order chi connectivity index (χ0) is 21.7. The van der Waals surface area contributed by atoms with Gasteiger partial charge in [-0.25, -0.2) is 8.42 Å². The second-order valence-electron chi connectivity index (χ2n) is 7.95.